The molecule has 0 saturated carbocycles. The second kappa shape index (κ2) is 17.8. The second-order valence-corrected chi connectivity index (χ2v) is 5.70. The Bertz CT molecular complexity index is 362. The van der Waals surface area contributed by atoms with Crippen molar-refractivity contribution in [2.24, 2.45) is 0 Å². The van der Waals surface area contributed by atoms with E-state index in [4.69, 9.17) is 10.4 Å². The smallest absolute Gasteiger partial charge is 1.00 e. The summed E-state index contributed by atoms with van der Waals surface area (Å²) in [7, 11) is 0. The third-order valence-corrected chi connectivity index (χ3v) is 3.67. The van der Waals surface area contributed by atoms with Gasteiger partial charge < -0.3 is 11.4 Å². The molecule has 0 aromatic carbocycles. The molecule has 0 aliphatic carbocycles. The van der Waals surface area contributed by atoms with Gasteiger partial charge in [0.25, 0.3) is 0 Å². The van der Waals surface area contributed by atoms with Crippen molar-refractivity contribution in [1.82, 2.24) is 4.90 Å². The fraction of sp³-hybridized carbons (Fsp3) is 0.824. The predicted octanol–water partition coefficient (Wildman–Crippen LogP) is 0.851. The van der Waals surface area contributed by atoms with Crippen LogP contribution in [-0.2, 0) is 9.59 Å². The molecule has 0 aliphatic heterocycles. The number of carboxylic acid groups (broad SMARTS) is 1. The average molecular weight is 334 g/mol. The molecule has 0 bridgehead atoms. The van der Waals surface area contributed by atoms with Crippen LogP contribution >= 0.6 is 0 Å². The first-order chi connectivity index (χ1) is 10.6. The zero-order valence-corrected chi connectivity index (χ0v) is 16.9. The van der Waals surface area contributed by atoms with Gasteiger partial charge in [0.05, 0.1) is 12.5 Å². The van der Waals surface area contributed by atoms with Gasteiger partial charge in [0.1, 0.15) is 6.54 Å². The summed E-state index contributed by atoms with van der Waals surface area (Å²) in [6.07, 6.45) is 11.2. The minimum absolute atomic E-state index is 0. The summed E-state index contributed by atoms with van der Waals surface area (Å²) < 4.78 is 0. The summed E-state index contributed by atoms with van der Waals surface area (Å²) in [5.41, 5.74) is 0. The Morgan fingerprint density at radius 2 is 1.57 bits per heavy atom. The van der Waals surface area contributed by atoms with Gasteiger partial charge in [0, 0.05) is 13.0 Å². The van der Waals surface area contributed by atoms with Crippen LogP contribution in [-0.4, -0.2) is 35.0 Å². The van der Waals surface area contributed by atoms with Crippen molar-refractivity contribution in [3.63, 3.8) is 0 Å². The Morgan fingerprint density at radius 1 is 1.04 bits per heavy atom. The van der Waals surface area contributed by atoms with Crippen molar-refractivity contribution in [3.8, 4) is 6.07 Å². The molecule has 0 spiro atoms. The molecule has 5 nitrogen and oxygen atoms in total. The molecule has 0 aromatic heterocycles. The first-order valence-corrected chi connectivity index (χ1v) is 8.48. The van der Waals surface area contributed by atoms with Gasteiger partial charge in [-0.05, 0) is 6.42 Å². The number of carboxylic acids is 1. The SMILES string of the molecule is CCCCCCCCCCCC(=O)N(CCC#N)CC(=O)O.[H-].[Na+]. The number of aliphatic carboxylic acids is 1. The molecule has 128 valence electrons. The summed E-state index contributed by atoms with van der Waals surface area (Å²) >= 11 is 0. The zero-order valence-electron chi connectivity index (χ0n) is 15.9. The van der Waals surface area contributed by atoms with E-state index in [0.29, 0.717) is 6.42 Å². The van der Waals surface area contributed by atoms with Crippen LogP contribution in [0.3, 0.4) is 0 Å². The van der Waals surface area contributed by atoms with Crippen LogP contribution in [0.15, 0.2) is 0 Å². The van der Waals surface area contributed by atoms with E-state index in [0.717, 1.165) is 19.3 Å². The van der Waals surface area contributed by atoms with Gasteiger partial charge in [-0.3, -0.25) is 9.59 Å². The van der Waals surface area contributed by atoms with Crippen LogP contribution in [0.1, 0.15) is 79.0 Å². The molecule has 23 heavy (non-hydrogen) atoms. The molecule has 0 atom stereocenters. The van der Waals surface area contributed by atoms with Gasteiger partial charge in [-0.1, -0.05) is 58.3 Å². The van der Waals surface area contributed by atoms with Crippen molar-refractivity contribution < 1.29 is 45.7 Å². The van der Waals surface area contributed by atoms with E-state index in [9.17, 15) is 9.59 Å². The van der Waals surface area contributed by atoms with Crippen molar-refractivity contribution in [2.75, 3.05) is 13.1 Å². The van der Waals surface area contributed by atoms with Crippen LogP contribution in [0.5, 0.6) is 0 Å². The number of hydrogen-bond acceptors (Lipinski definition) is 3. The molecule has 0 aromatic rings. The largest absolute Gasteiger partial charge is 1.00 e. The maximum absolute atomic E-state index is 11.9. The fourth-order valence-corrected chi connectivity index (χ4v) is 2.39. The van der Waals surface area contributed by atoms with Crippen molar-refractivity contribution >= 4 is 11.9 Å². The Kier molecular flexibility index (Phi) is 19.1. The summed E-state index contributed by atoms with van der Waals surface area (Å²) in [5, 5.41) is 17.3. The zero-order chi connectivity index (χ0) is 16.6. The Hall–Kier alpha value is -0.570. The molecular formula is C17H31N2NaO3. The third-order valence-electron chi connectivity index (χ3n) is 3.67. The molecule has 0 fully saturated rings. The molecule has 0 aliphatic rings. The minimum atomic E-state index is -1.03. The number of rotatable bonds is 14. The maximum atomic E-state index is 11.9. The van der Waals surface area contributed by atoms with Gasteiger partial charge in [0.2, 0.25) is 5.91 Å². The topological polar surface area (TPSA) is 81.4 Å². The van der Waals surface area contributed by atoms with Crippen molar-refractivity contribution in [3.05, 3.63) is 0 Å². The van der Waals surface area contributed by atoms with Crippen LogP contribution in [0.4, 0.5) is 0 Å². The van der Waals surface area contributed by atoms with Gasteiger partial charge in [-0.25, -0.2) is 0 Å². The molecule has 1 amide bonds. The number of carbonyl (C=O) groups is 2. The molecule has 0 saturated heterocycles. The summed E-state index contributed by atoms with van der Waals surface area (Å²) in [4.78, 5) is 23.9. The Labute approximate surface area is 164 Å². The maximum Gasteiger partial charge on any atom is 1.00 e. The van der Waals surface area contributed by atoms with Crippen LogP contribution in [0.2, 0.25) is 0 Å². The number of hydrogen-bond donors (Lipinski definition) is 1. The molecule has 0 unspecified atom stereocenters. The molecule has 0 rings (SSSR count). The Balaban J connectivity index is -0.00000220. The van der Waals surface area contributed by atoms with Crippen LogP contribution in [0.25, 0.3) is 0 Å². The van der Waals surface area contributed by atoms with Crippen LogP contribution in [0, 0.1) is 11.3 Å². The van der Waals surface area contributed by atoms with E-state index in [1.165, 1.54) is 43.4 Å². The second-order valence-electron chi connectivity index (χ2n) is 5.70. The monoisotopic (exact) mass is 334 g/mol. The van der Waals surface area contributed by atoms with E-state index in [1.807, 2.05) is 6.07 Å². The van der Waals surface area contributed by atoms with E-state index in [2.05, 4.69) is 6.92 Å². The van der Waals surface area contributed by atoms with Gasteiger partial charge in [0.15, 0.2) is 0 Å². The van der Waals surface area contributed by atoms with E-state index in [-0.39, 0.29) is 56.4 Å². The Morgan fingerprint density at radius 3 is 2.04 bits per heavy atom. The number of amides is 1. The predicted molar refractivity (Wildman–Crippen MR) is 87.4 cm³/mol. The van der Waals surface area contributed by atoms with Gasteiger partial charge in [-0.15, -0.1) is 0 Å². The molecule has 1 N–H and O–H groups in total. The average Bonchev–Trinajstić information content (AvgIpc) is 2.49. The summed E-state index contributed by atoms with van der Waals surface area (Å²) in [6.45, 7) is 2.11. The minimum Gasteiger partial charge on any atom is -1.00 e. The summed E-state index contributed by atoms with van der Waals surface area (Å²) in [5.74, 6) is -1.18. The normalized spacial score (nSPS) is 9.74. The fourth-order valence-electron chi connectivity index (χ4n) is 2.39. The van der Waals surface area contributed by atoms with Gasteiger partial charge >= 0.3 is 35.5 Å². The van der Waals surface area contributed by atoms with Gasteiger partial charge in [-0.2, -0.15) is 5.26 Å². The van der Waals surface area contributed by atoms with Crippen molar-refractivity contribution in [1.29, 1.82) is 5.26 Å². The van der Waals surface area contributed by atoms with E-state index in [1.54, 1.807) is 0 Å². The number of unbranched alkanes of at least 4 members (excludes halogenated alkanes) is 8. The van der Waals surface area contributed by atoms with Crippen molar-refractivity contribution in [2.45, 2.75) is 77.6 Å². The first-order valence-electron chi connectivity index (χ1n) is 8.48. The third kappa shape index (κ3) is 16.1. The number of nitrogens with zero attached hydrogens (tertiary/aromatic N) is 2. The first kappa shape index (κ1) is 24.7. The number of nitriles is 1. The quantitative estimate of drug-likeness (QED) is 0.377. The molecule has 6 heteroatoms. The van der Waals surface area contributed by atoms with Crippen LogP contribution < -0.4 is 29.6 Å². The standard InChI is InChI=1S/C17H30N2O3.Na.H/c1-2-3-4-5-6-7-8-9-10-12-16(20)19(14-11-13-18)15-17(21)22;;/h2-12,14-15H2,1H3,(H,21,22);;/q;+1;-1. The molecule has 0 heterocycles. The molecule has 0 radical (unpaired) electrons. The molecular weight excluding hydrogens is 303 g/mol. The van der Waals surface area contributed by atoms with E-state index >= 15 is 0 Å². The summed E-state index contributed by atoms with van der Waals surface area (Å²) in [6, 6.07) is 1.94. The number of carbonyl (C=O) groups excluding carboxylic acids is 1. The van der Waals surface area contributed by atoms with E-state index < -0.39 is 5.97 Å².